The summed E-state index contributed by atoms with van der Waals surface area (Å²) in [4.78, 5) is 11.0. The van der Waals surface area contributed by atoms with Gasteiger partial charge in [-0.3, -0.25) is 4.79 Å². The van der Waals surface area contributed by atoms with Crippen LogP contribution in [-0.2, 0) is 0 Å². The third-order valence-corrected chi connectivity index (χ3v) is 3.21. The van der Waals surface area contributed by atoms with Crippen LogP contribution in [0, 0.1) is 5.92 Å². The molecule has 1 saturated carbocycles. The normalized spacial score (nSPS) is 24.4. The second-order valence-corrected chi connectivity index (χ2v) is 4.34. The van der Waals surface area contributed by atoms with Crippen molar-refractivity contribution in [2.24, 2.45) is 11.7 Å². The maximum atomic E-state index is 11.0. The van der Waals surface area contributed by atoms with E-state index in [0.29, 0.717) is 11.7 Å². The molecule has 1 amide bonds. The Balaban J connectivity index is 1.98. The van der Waals surface area contributed by atoms with Crippen molar-refractivity contribution >= 4 is 11.7 Å². The Morgan fingerprint density at radius 3 is 3.00 bits per heavy atom. The van der Waals surface area contributed by atoms with E-state index in [1.165, 1.54) is 12.8 Å². The lowest BCUT2D eigenvalue weighted by molar-refractivity contribution is 0.0994. The summed E-state index contributed by atoms with van der Waals surface area (Å²) < 4.78 is 1.95. The topological polar surface area (TPSA) is 72.9 Å². The Labute approximate surface area is 87.6 Å². The number of carbonyl (C=O) groups excluding carboxylic acids is 1. The predicted octanol–water partition coefficient (Wildman–Crippen LogP) is 0.749. The second kappa shape index (κ2) is 2.98. The van der Waals surface area contributed by atoms with Crippen LogP contribution in [0.1, 0.15) is 35.8 Å². The molecule has 1 fully saturated rings. The first-order valence-electron chi connectivity index (χ1n) is 5.39. The summed E-state index contributed by atoms with van der Waals surface area (Å²) in [5.41, 5.74) is 5.59. The zero-order chi connectivity index (χ0) is 10.4. The monoisotopic (exact) mass is 206 g/mol. The average Bonchev–Trinajstić information content (AvgIpc) is 2.95. The number of hydrogen-bond acceptors (Lipinski definition) is 3. The highest BCUT2D eigenvalue weighted by atomic mass is 16.1. The number of amides is 1. The number of nitrogens with two attached hydrogens (primary N) is 1. The Bertz CT molecular complexity index is 408. The highest BCUT2D eigenvalue weighted by Crippen LogP contribution is 2.43. The number of fused-ring (bicyclic) bond motifs is 1. The predicted molar refractivity (Wildman–Crippen MR) is 55.6 cm³/mol. The lowest BCUT2D eigenvalue weighted by Gasteiger charge is -2.25. The minimum Gasteiger partial charge on any atom is -0.370 e. The first-order valence-corrected chi connectivity index (χ1v) is 5.39. The maximum absolute atomic E-state index is 11.0. The van der Waals surface area contributed by atoms with Gasteiger partial charge in [-0.2, -0.15) is 5.10 Å². The van der Waals surface area contributed by atoms with E-state index < -0.39 is 5.91 Å². The summed E-state index contributed by atoms with van der Waals surface area (Å²) in [6.45, 7) is 0.963. The van der Waals surface area contributed by atoms with Gasteiger partial charge in [-0.25, -0.2) is 4.68 Å². The summed E-state index contributed by atoms with van der Waals surface area (Å²) in [6.07, 6.45) is 3.67. The van der Waals surface area contributed by atoms with Gasteiger partial charge in [0.1, 0.15) is 5.82 Å². The Kier molecular flexibility index (Phi) is 1.74. The van der Waals surface area contributed by atoms with Gasteiger partial charge < -0.3 is 11.1 Å². The minimum absolute atomic E-state index is 0.366. The molecular weight excluding hydrogens is 192 g/mol. The molecule has 0 saturated heterocycles. The third-order valence-electron chi connectivity index (χ3n) is 3.21. The molecule has 1 aliphatic heterocycles. The number of nitrogens with one attached hydrogen (secondary N) is 1. The number of hydrogen-bond donors (Lipinski definition) is 2. The molecule has 5 heteroatoms. The van der Waals surface area contributed by atoms with E-state index in [4.69, 9.17) is 5.73 Å². The highest BCUT2D eigenvalue weighted by molar-refractivity contribution is 5.91. The molecule has 3 rings (SSSR count). The fraction of sp³-hybridized carbons (Fsp3) is 0.600. The number of aromatic nitrogens is 2. The van der Waals surface area contributed by atoms with Crippen LogP contribution >= 0.6 is 0 Å². The van der Waals surface area contributed by atoms with E-state index >= 15 is 0 Å². The van der Waals surface area contributed by atoms with Crippen molar-refractivity contribution in [1.29, 1.82) is 0 Å². The van der Waals surface area contributed by atoms with E-state index in [9.17, 15) is 4.79 Å². The van der Waals surface area contributed by atoms with Crippen LogP contribution in [0.5, 0.6) is 0 Å². The number of rotatable bonds is 2. The van der Waals surface area contributed by atoms with Gasteiger partial charge in [0.2, 0.25) is 0 Å². The standard InChI is InChI=1S/C10H14N4O/c11-10(15)7-5-9-12-4-3-8(6-1-2-6)14(9)13-7/h5-6,8,12H,1-4H2,(H2,11,15). The average molecular weight is 206 g/mol. The molecule has 5 nitrogen and oxygen atoms in total. The van der Waals surface area contributed by atoms with Crippen LogP contribution in [0.4, 0.5) is 5.82 Å². The quantitative estimate of drug-likeness (QED) is 0.749. The van der Waals surface area contributed by atoms with Gasteiger partial charge in [0, 0.05) is 12.6 Å². The summed E-state index contributed by atoms with van der Waals surface area (Å²) in [5, 5.41) is 7.52. The molecule has 80 valence electrons. The summed E-state index contributed by atoms with van der Waals surface area (Å²) >= 11 is 0. The first kappa shape index (κ1) is 8.76. The fourth-order valence-corrected chi connectivity index (χ4v) is 2.29. The van der Waals surface area contributed by atoms with E-state index in [0.717, 1.165) is 24.7 Å². The Hall–Kier alpha value is -1.52. The Morgan fingerprint density at radius 2 is 2.33 bits per heavy atom. The summed E-state index contributed by atoms with van der Waals surface area (Å²) in [6, 6.07) is 2.21. The number of primary amides is 1. The minimum atomic E-state index is -0.451. The largest absolute Gasteiger partial charge is 0.370 e. The molecule has 0 radical (unpaired) electrons. The van der Waals surface area contributed by atoms with Crippen molar-refractivity contribution in [1.82, 2.24) is 9.78 Å². The van der Waals surface area contributed by atoms with Crippen molar-refractivity contribution in [2.75, 3.05) is 11.9 Å². The van der Waals surface area contributed by atoms with Crippen molar-refractivity contribution < 1.29 is 4.79 Å². The maximum Gasteiger partial charge on any atom is 0.269 e. The summed E-state index contributed by atoms with van der Waals surface area (Å²) in [5.74, 6) is 1.24. The molecular formula is C10H14N4O. The first-order chi connectivity index (χ1) is 7.25. The molecule has 2 heterocycles. The lowest BCUT2D eigenvalue weighted by Crippen LogP contribution is -2.25. The van der Waals surface area contributed by atoms with E-state index in [-0.39, 0.29) is 0 Å². The molecule has 1 atom stereocenters. The molecule has 3 N–H and O–H groups in total. The van der Waals surface area contributed by atoms with E-state index in [2.05, 4.69) is 10.4 Å². The molecule has 1 unspecified atom stereocenters. The van der Waals surface area contributed by atoms with E-state index in [1.54, 1.807) is 6.07 Å². The van der Waals surface area contributed by atoms with E-state index in [1.807, 2.05) is 4.68 Å². The van der Waals surface area contributed by atoms with Gasteiger partial charge in [-0.15, -0.1) is 0 Å². The number of nitrogens with zero attached hydrogens (tertiary/aromatic N) is 2. The zero-order valence-electron chi connectivity index (χ0n) is 8.44. The van der Waals surface area contributed by atoms with Crippen LogP contribution in [0.3, 0.4) is 0 Å². The van der Waals surface area contributed by atoms with Crippen molar-refractivity contribution in [3.05, 3.63) is 11.8 Å². The fourth-order valence-electron chi connectivity index (χ4n) is 2.29. The smallest absolute Gasteiger partial charge is 0.269 e. The molecule has 0 spiro atoms. The number of carbonyl (C=O) groups is 1. The SMILES string of the molecule is NC(=O)c1cc2n(n1)C(C1CC1)CCN2. The van der Waals surface area contributed by atoms with Gasteiger partial charge in [-0.1, -0.05) is 0 Å². The van der Waals surface area contributed by atoms with Gasteiger partial charge >= 0.3 is 0 Å². The molecule has 0 bridgehead atoms. The number of anilines is 1. The third kappa shape index (κ3) is 1.38. The highest BCUT2D eigenvalue weighted by Gasteiger charge is 2.36. The van der Waals surface area contributed by atoms with Gasteiger partial charge in [0.15, 0.2) is 5.69 Å². The molecule has 2 aliphatic rings. The molecule has 15 heavy (non-hydrogen) atoms. The molecule has 1 aromatic heterocycles. The van der Waals surface area contributed by atoms with Crippen molar-refractivity contribution in [3.8, 4) is 0 Å². The van der Waals surface area contributed by atoms with Gasteiger partial charge in [0.25, 0.3) is 5.91 Å². The van der Waals surface area contributed by atoms with Crippen LogP contribution in [-0.4, -0.2) is 22.2 Å². The van der Waals surface area contributed by atoms with Gasteiger partial charge in [-0.05, 0) is 25.2 Å². The van der Waals surface area contributed by atoms with Gasteiger partial charge in [0.05, 0.1) is 6.04 Å². The van der Waals surface area contributed by atoms with Crippen molar-refractivity contribution in [3.63, 3.8) is 0 Å². The second-order valence-electron chi connectivity index (χ2n) is 4.34. The van der Waals surface area contributed by atoms with Crippen LogP contribution in [0.25, 0.3) is 0 Å². The molecule has 0 aromatic carbocycles. The van der Waals surface area contributed by atoms with Crippen molar-refractivity contribution in [2.45, 2.75) is 25.3 Å². The lowest BCUT2D eigenvalue weighted by atomic mass is 10.1. The van der Waals surface area contributed by atoms with Crippen LogP contribution in [0.2, 0.25) is 0 Å². The molecule has 1 aromatic rings. The Morgan fingerprint density at radius 1 is 1.53 bits per heavy atom. The molecule has 1 aliphatic carbocycles. The summed E-state index contributed by atoms with van der Waals surface area (Å²) in [7, 11) is 0. The van der Waals surface area contributed by atoms with Crippen LogP contribution in [0.15, 0.2) is 6.07 Å². The zero-order valence-corrected chi connectivity index (χ0v) is 8.44. The van der Waals surface area contributed by atoms with Crippen LogP contribution < -0.4 is 11.1 Å².